The average Bonchev–Trinajstić information content (AvgIpc) is 2.70. The summed E-state index contributed by atoms with van der Waals surface area (Å²) in [5.41, 5.74) is 3.25. The van der Waals surface area contributed by atoms with Crippen LogP contribution in [-0.4, -0.2) is 29.2 Å². The Bertz CT molecular complexity index is 1120. The molecule has 4 aromatic rings. The highest BCUT2D eigenvalue weighted by atomic mass is 16.6. The van der Waals surface area contributed by atoms with Crippen molar-refractivity contribution in [3.05, 3.63) is 78.1 Å². The number of carbonyl (C=O) groups is 1. The van der Waals surface area contributed by atoms with Crippen LogP contribution in [0.15, 0.2) is 67.0 Å². The Kier molecular flexibility index (Phi) is 4.66. The Morgan fingerprint density at radius 2 is 1.70 bits per heavy atom. The van der Waals surface area contributed by atoms with Gasteiger partial charge >= 0.3 is 5.97 Å². The van der Waals surface area contributed by atoms with E-state index in [0.29, 0.717) is 5.56 Å². The van der Waals surface area contributed by atoms with Crippen LogP contribution in [0.2, 0.25) is 0 Å². The highest BCUT2D eigenvalue weighted by Gasteiger charge is 2.12. The minimum Gasteiger partial charge on any atom is -0.489 e. The van der Waals surface area contributed by atoms with E-state index in [4.69, 9.17) is 9.47 Å². The summed E-state index contributed by atoms with van der Waals surface area (Å²) in [6.45, 7) is 2.42. The molecule has 0 bridgehead atoms. The molecule has 0 saturated carbocycles. The summed E-state index contributed by atoms with van der Waals surface area (Å²) in [5, 5.41) is 1.72. The largest absolute Gasteiger partial charge is 0.489 e. The van der Waals surface area contributed by atoms with Crippen molar-refractivity contribution in [2.75, 3.05) is 13.2 Å². The van der Waals surface area contributed by atoms with Crippen LogP contribution < -0.4 is 4.74 Å². The van der Waals surface area contributed by atoms with E-state index in [1.54, 1.807) is 18.5 Å². The average molecular weight is 358 g/mol. The number of hydrogen-bond donors (Lipinski definition) is 0. The van der Waals surface area contributed by atoms with Gasteiger partial charge in [0.25, 0.3) is 0 Å². The van der Waals surface area contributed by atoms with Gasteiger partial charge in [-0.25, -0.2) is 4.79 Å². The Morgan fingerprint density at radius 3 is 2.63 bits per heavy atom. The standard InChI is InChI=1S/C22H18N2O3/c1-15-6-7-16-17(8-10-24-20(16)14-15)22(25)27-13-12-26-21-9-11-23-19-5-3-2-4-18(19)21/h2-11,14H,12-13H2,1H3. The van der Waals surface area contributed by atoms with Gasteiger partial charge in [0.15, 0.2) is 0 Å². The molecular weight excluding hydrogens is 340 g/mol. The van der Waals surface area contributed by atoms with Crippen molar-refractivity contribution in [2.24, 2.45) is 0 Å². The van der Waals surface area contributed by atoms with Crippen molar-refractivity contribution < 1.29 is 14.3 Å². The molecule has 0 spiro atoms. The number of para-hydroxylation sites is 1. The lowest BCUT2D eigenvalue weighted by Gasteiger charge is -2.10. The highest BCUT2D eigenvalue weighted by molar-refractivity contribution is 6.03. The third kappa shape index (κ3) is 3.58. The van der Waals surface area contributed by atoms with Gasteiger partial charge in [0, 0.05) is 23.2 Å². The molecule has 5 heteroatoms. The maximum absolute atomic E-state index is 12.5. The van der Waals surface area contributed by atoms with Gasteiger partial charge in [0.1, 0.15) is 19.0 Å². The second-order valence-corrected chi connectivity index (χ2v) is 6.19. The van der Waals surface area contributed by atoms with Gasteiger partial charge in [-0.05, 0) is 42.8 Å². The summed E-state index contributed by atoms with van der Waals surface area (Å²) < 4.78 is 11.2. The van der Waals surface area contributed by atoms with Crippen molar-refractivity contribution in [3.8, 4) is 5.75 Å². The summed E-state index contributed by atoms with van der Waals surface area (Å²) in [5.74, 6) is 0.343. The molecule has 0 aliphatic rings. The molecule has 0 aliphatic carbocycles. The van der Waals surface area contributed by atoms with Gasteiger partial charge in [-0.1, -0.05) is 24.3 Å². The van der Waals surface area contributed by atoms with E-state index in [0.717, 1.165) is 33.1 Å². The molecule has 0 unspecified atom stereocenters. The lowest BCUT2D eigenvalue weighted by molar-refractivity contribution is 0.0453. The molecule has 0 atom stereocenters. The van der Waals surface area contributed by atoms with E-state index in [2.05, 4.69) is 9.97 Å². The first kappa shape index (κ1) is 17.0. The van der Waals surface area contributed by atoms with Crippen molar-refractivity contribution in [3.63, 3.8) is 0 Å². The van der Waals surface area contributed by atoms with Crippen LogP contribution >= 0.6 is 0 Å². The van der Waals surface area contributed by atoms with E-state index < -0.39 is 0 Å². The van der Waals surface area contributed by atoms with Crippen LogP contribution in [0.5, 0.6) is 5.75 Å². The van der Waals surface area contributed by atoms with Crippen molar-refractivity contribution in [1.29, 1.82) is 0 Å². The Balaban J connectivity index is 1.42. The van der Waals surface area contributed by atoms with Crippen LogP contribution in [0.3, 0.4) is 0 Å². The highest BCUT2D eigenvalue weighted by Crippen LogP contribution is 2.23. The maximum atomic E-state index is 12.5. The van der Waals surface area contributed by atoms with Gasteiger partial charge in [0.05, 0.1) is 16.6 Å². The summed E-state index contributed by atoms with van der Waals surface area (Å²) in [7, 11) is 0. The van der Waals surface area contributed by atoms with Crippen molar-refractivity contribution >= 4 is 27.8 Å². The smallest absolute Gasteiger partial charge is 0.338 e. The van der Waals surface area contributed by atoms with E-state index in [-0.39, 0.29) is 19.2 Å². The first-order chi connectivity index (χ1) is 13.2. The molecule has 2 heterocycles. The van der Waals surface area contributed by atoms with Crippen LogP contribution in [-0.2, 0) is 4.74 Å². The van der Waals surface area contributed by atoms with Gasteiger partial charge in [-0.3, -0.25) is 9.97 Å². The van der Waals surface area contributed by atoms with Crippen molar-refractivity contribution in [1.82, 2.24) is 9.97 Å². The Morgan fingerprint density at radius 1 is 0.889 bits per heavy atom. The minimum atomic E-state index is -0.380. The number of pyridine rings is 2. The second-order valence-electron chi connectivity index (χ2n) is 6.19. The number of rotatable bonds is 5. The fraction of sp³-hybridized carbons (Fsp3) is 0.136. The third-order valence-corrected chi connectivity index (χ3v) is 4.30. The number of benzene rings is 2. The van der Waals surface area contributed by atoms with E-state index in [1.807, 2.05) is 55.5 Å². The molecule has 2 aromatic heterocycles. The van der Waals surface area contributed by atoms with E-state index >= 15 is 0 Å². The summed E-state index contributed by atoms with van der Waals surface area (Å²) >= 11 is 0. The lowest BCUT2D eigenvalue weighted by Crippen LogP contribution is -2.13. The Hall–Kier alpha value is -3.47. The first-order valence-corrected chi connectivity index (χ1v) is 8.71. The molecule has 0 amide bonds. The predicted octanol–water partition coefficient (Wildman–Crippen LogP) is 4.33. The topological polar surface area (TPSA) is 61.3 Å². The summed E-state index contributed by atoms with van der Waals surface area (Å²) in [6.07, 6.45) is 3.33. The summed E-state index contributed by atoms with van der Waals surface area (Å²) in [4.78, 5) is 21.1. The van der Waals surface area contributed by atoms with Gasteiger partial charge in [0.2, 0.25) is 0 Å². The van der Waals surface area contributed by atoms with Gasteiger partial charge in [-0.2, -0.15) is 0 Å². The first-order valence-electron chi connectivity index (χ1n) is 8.71. The fourth-order valence-corrected chi connectivity index (χ4v) is 3.00. The SMILES string of the molecule is Cc1ccc2c(C(=O)OCCOc3ccnc4ccccc34)ccnc2c1. The Labute approximate surface area is 156 Å². The van der Waals surface area contributed by atoms with Gasteiger partial charge in [-0.15, -0.1) is 0 Å². The number of aromatic nitrogens is 2. The molecule has 0 N–H and O–H groups in total. The molecule has 0 aliphatic heterocycles. The molecule has 27 heavy (non-hydrogen) atoms. The number of aryl methyl sites for hydroxylation is 1. The number of carbonyl (C=O) groups excluding carboxylic acids is 1. The molecule has 0 radical (unpaired) electrons. The number of fused-ring (bicyclic) bond motifs is 2. The van der Waals surface area contributed by atoms with Crippen LogP contribution in [0.1, 0.15) is 15.9 Å². The fourth-order valence-electron chi connectivity index (χ4n) is 3.00. The molecule has 134 valence electrons. The minimum absolute atomic E-state index is 0.158. The molecular formula is C22H18N2O3. The number of ether oxygens (including phenoxy) is 2. The zero-order valence-electron chi connectivity index (χ0n) is 14.9. The quantitative estimate of drug-likeness (QED) is 0.393. The zero-order valence-corrected chi connectivity index (χ0v) is 14.9. The normalized spacial score (nSPS) is 10.9. The van der Waals surface area contributed by atoms with Crippen LogP contribution in [0, 0.1) is 6.92 Å². The molecule has 5 nitrogen and oxygen atoms in total. The number of hydrogen-bond acceptors (Lipinski definition) is 5. The zero-order chi connectivity index (χ0) is 18.6. The van der Waals surface area contributed by atoms with Gasteiger partial charge < -0.3 is 9.47 Å². The maximum Gasteiger partial charge on any atom is 0.338 e. The third-order valence-electron chi connectivity index (χ3n) is 4.30. The summed E-state index contributed by atoms with van der Waals surface area (Å²) in [6, 6.07) is 17.0. The van der Waals surface area contributed by atoms with E-state index in [1.165, 1.54) is 0 Å². The van der Waals surface area contributed by atoms with Crippen LogP contribution in [0.25, 0.3) is 21.8 Å². The molecule has 0 saturated heterocycles. The second kappa shape index (κ2) is 7.41. The lowest BCUT2D eigenvalue weighted by atomic mass is 10.1. The monoisotopic (exact) mass is 358 g/mol. The van der Waals surface area contributed by atoms with E-state index in [9.17, 15) is 4.79 Å². The molecule has 2 aromatic carbocycles. The molecule has 4 rings (SSSR count). The molecule has 0 fully saturated rings. The predicted molar refractivity (Wildman–Crippen MR) is 104 cm³/mol. The number of nitrogens with zero attached hydrogens (tertiary/aromatic N) is 2. The van der Waals surface area contributed by atoms with Crippen molar-refractivity contribution in [2.45, 2.75) is 6.92 Å². The number of esters is 1. The van der Waals surface area contributed by atoms with Crippen LogP contribution in [0.4, 0.5) is 0 Å².